The van der Waals surface area contributed by atoms with Gasteiger partial charge in [-0.3, -0.25) is 9.58 Å². The van der Waals surface area contributed by atoms with Crippen LogP contribution < -0.4 is 10.2 Å². The van der Waals surface area contributed by atoms with E-state index in [4.69, 9.17) is 16.3 Å². The molecule has 0 aliphatic carbocycles. The number of hydrogen-bond acceptors (Lipinski definition) is 7. The highest BCUT2D eigenvalue weighted by molar-refractivity contribution is 6.29. The largest absolute Gasteiger partial charge is 0.447 e. The fourth-order valence-corrected chi connectivity index (χ4v) is 3.77. The Hall–Kier alpha value is -3.31. The van der Waals surface area contributed by atoms with Crippen molar-refractivity contribution in [2.45, 2.75) is 32.0 Å². The molecule has 3 heterocycles. The van der Waals surface area contributed by atoms with Gasteiger partial charge in [-0.15, -0.1) is 0 Å². The third kappa shape index (κ3) is 4.60. The highest BCUT2D eigenvalue weighted by atomic mass is 35.5. The van der Waals surface area contributed by atoms with Crippen molar-refractivity contribution in [1.29, 1.82) is 0 Å². The van der Waals surface area contributed by atoms with Gasteiger partial charge in [0.25, 0.3) is 0 Å². The van der Waals surface area contributed by atoms with Crippen LogP contribution >= 0.6 is 11.6 Å². The third-order valence-electron chi connectivity index (χ3n) is 5.31. The number of ether oxygens (including phenoxy) is 1. The molecule has 1 aromatic carbocycles. The Morgan fingerprint density at radius 1 is 1.24 bits per heavy atom. The molecule has 1 aliphatic rings. The Morgan fingerprint density at radius 2 is 2.00 bits per heavy atom. The Balaban J connectivity index is 1.61. The van der Waals surface area contributed by atoms with E-state index in [1.54, 1.807) is 20.2 Å². The normalized spacial score (nSPS) is 17.7. The van der Waals surface area contributed by atoms with Crippen molar-refractivity contribution < 1.29 is 23.4 Å². The smallest absolute Gasteiger partial charge is 0.416 e. The predicted molar refractivity (Wildman–Crippen MR) is 117 cm³/mol. The van der Waals surface area contributed by atoms with E-state index in [0.29, 0.717) is 5.56 Å². The van der Waals surface area contributed by atoms with Gasteiger partial charge in [-0.2, -0.15) is 10.1 Å². The maximum atomic E-state index is 14.9. The van der Waals surface area contributed by atoms with E-state index in [1.807, 2.05) is 0 Å². The summed E-state index contributed by atoms with van der Waals surface area (Å²) in [4.78, 5) is 21.7. The third-order valence-corrected chi connectivity index (χ3v) is 5.50. The van der Waals surface area contributed by atoms with Gasteiger partial charge in [0.2, 0.25) is 5.95 Å². The van der Waals surface area contributed by atoms with E-state index in [-0.39, 0.29) is 34.7 Å². The molecule has 1 aliphatic heterocycles. The van der Waals surface area contributed by atoms with Gasteiger partial charge < -0.3 is 15.2 Å². The minimum absolute atomic E-state index is 0.00887. The second kappa shape index (κ2) is 8.91. The van der Waals surface area contributed by atoms with E-state index in [2.05, 4.69) is 20.4 Å². The molecular weight excluding hydrogens is 458 g/mol. The number of halogens is 3. The standard InChI is InChI=1S/C21H21ClF2N6O3/c1-10(13-4-16(24)14(5-15(13)23)12-7-25-29(3)8-12)26-20-27-18(22)6-19(28-20)30-17(11(2)31)9-33-21(30)32/h4-8,10-11,17,31H,9H2,1-3H3,(H,26,27,28)/t10-,11+,17?/m0/s1. The van der Waals surface area contributed by atoms with Crippen LogP contribution in [0.5, 0.6) is 0 Å². The van der Waals surface area contributed by atoms with Gasteiger partial charge in [0.05, 0.1) is 18.3 Å². The van der Waals surface area contributed by atoms with Crippen molar-refractivity contribution in [2.24, 2.45) is 7.05 Å². The van der Waals surface area contributed by atoms with Gasteiger partial charge in [-0.05, 0) is 26.0 Å². The zero-order valence-corrected chi connectivity index (χ0v) is 18.7. The molecule has 0 saturated carbocycles. The lowest BCUT2D eigenvalue weighted by molar-refractivity contribution is 0.142. The summed E-state index contributed by atoms with van der Waals surface area (Å²) < 4.78 is 36.1. The molecule has 1 fully saturated rings. The molecule has 4 rings (SSSR count). The second-order valence-corrected chi connectivity index (χ2v) is 8.14. The van der Waals surface area contributed by atoms with Crippen molar-refractivity contribution in [2.75, 3.05) is 16.8 Å². The number of aromatic nitrogens is 4. The summed E-state index contributed by atoms with van der Waals surface area (Å²) in [5.41, 5.74) is 0.594. The van der Waals surface area contributed by atoms with Crippen LogP contribution in [0.2, 0.25) is 5.15 Å². The van der Waals surface area contributed by atoms with Crippen LogP contribution in [0.25, 0.3) is 11.1 Å². The maximum Gasteiger partial charge on any atom is 0.416 e. The van der Waals surface area contributed by atoms with Gasteiger partial charge in [0, 0.05) is 36.0 Å². The van der Waals surface area contributed by atoms with Gasteiger partial charge in [-0.1, -0.05) is 11.6 Å². The highest BCUT2D eigenvalue weighted by Gasteiger charge is 2.38. The minimum Gasteiger partial charge on any atom is -0.447 e. The number of aliphatic hydroxyl groups is 1. The summed E-state index contributed by atoms with van der Waals surface area (Å²) in [6.45, 7) is 3.12. The summed E-state index contributed by atoms with van der Waals surface area (Å²) in [6, 6.07) is 2.16. The molecule has 0 spiro atoms. The molecule has 174 valence electrons. The number of amides is 1. The molecule has 33 heavy (non-hydrogen) atoms. The highest BCUT2D eigenvalue weighted by Crippen LogP contribution is 2.30. The molecule has 2 aromatic heterocycles. The summed E-state index contributed by atoms with van der Waals surface area (Å²) in [6.07, 6.45) is 1.47. The summed E-state index contributed by atoms with van der Waals surface area (Å²) in [7, 11) is 1.68. The minimum atomic E-state index is -0.879. The van der Waals surface area contributed by atoms with Crippen LogP contribution in [0.15, 0.2) is 30.6 Å². The lowest BCUT2D eigenvalue weighted by atomic mass is 10.0. The van der Waals surface area contributed by atoms with Crippen LogP contribution in [-0.2, 0) is 11.8 Å². The number of nitrogens with zero attached hydrogens (tertiary/aromatic N) is 5. The van der Waals surface area contributed by atoms with Gasteiger partial charge >= 0.3 is 6.09 Å². The fraction of sp³-hybridized carbons (Fsp3) is 0.333. The van der Waals surface area contributed by atoms with Crippen LogP contribution in [0.4, 0.5) is 25.3 Å². The van der Waals surface area contributed by atoms with Crippen LogP contribution in [0, 0.1) is 11.6 Å². The average Bonchev–Trinajstić information content (AvgIpc) is 3.34. The van der Waals surface area contributed by atoms with E-state index < -0.39 is 35.9 Å². The number of nitrogens with one attached hydrogen (secondary N) is 1. The van der Waals surface area contributed by atoms with Crippen LogP contribution in [-0.4, -0.2) is 49.7 Å². The number of carbonyl (C=O) groups excluding carboxylic acids is 1. The van der Waals surface area contributed by atoms with E-state index >= 15 is 0 Å². The summed E-state index contributed by atoms with van der Waals surface area (Å²) in [5.74, 6) is -1.14. The van der Waals surface area contributed by atoms with Crippen molar-refractivity contribution >= 4 is 29.5 Å². The molecule has 9 nitrogen and oxygen atoms in total. The molecule has 1 unspecified atom stereocenters. The number of cyclic esters (lactones) is 1. The lowest BCUT2D eigenvalue weighted by Crippen LogP contribution is -2.41. The first kappa shape index (κ1) is 22.9. The average molecular weight is 479 g/mol. The second-order valence-electron chi connectivity index (χ2n) is 7.75. The Morgan fingerprint density at radius 3 is 2.67 bits per heavy atom. The molecule has 0 radical (unpaired) electrons. The molecule has 3 aromatic rings. The van der Waals surface area contributed by atoms with E-state index in [1.165, 1.54) is 28.8 Å². The summed E-state index contributed by atoms with van der Waals surface area (Å²) in [5, 5.41) is 16.8. The van der Waals surface area contributed by atoms with E-state index in [9.17, 15) is 18.7 Å². The molecule has 3 atom stereocenters. The number of rotatable bonds is 6. The quantitative estimate of drug-likeness (QED) is 0.520. The number of aliphatic hydroxyl groups excluding tert-OH is 1. The Labute approximate surface area is 193 Å². The molecular formula is C21H21ClF2N6O3. The number of anilines is 2. The van der Waals surface area contributed by atoms with Gasteiger partial charge in [-0.25, -0.2) is 18.6 Å². The molecule has 1 saturated heterocycles. The van der Waals surface area contributed by atoms with Crippen molar-refractivity contribution in [1.82, 2.24) is 19.7 Å². The number of carbonyl (C=O) groups is 1. The molecule has 12 heteroatoms. The number of aryl methyl sites for hydroxylation is 1. The van der Waals surface area contributed by atoms with Crippen LogP contribution in [0.3, 0.4) is 0 Å². The zero-order chi connectivity index (χ0) is 23.9. The molecule has 0 bridgehead atoms. The topological polar surface area (TPSA) is 105 Å². The monoisotopic (exact) mass is 478 g/mol. The fourth-order valence-electron chi connectivity index (χ4n) is 3.60. The first-order valence-corrected chi connectivity index (χ1v) is 10.4. The van der Waals surface area contributed by atoms with Crippen molar-refractivity contribution in [3.8, 4) is 11.1 Å². The first-order chi connectivity index (χ1) is 15.6. The molecule has 2 N–H and O–H groups in total. The Kier molecular flexibility index (Phi) is 6.17. The van der Waals surface area contributed by atoms with E-state index in [0.717, 1.165) is 12.1 Å². The predicted octanol–water partition coefficient (Wildman–Crippen LogP) is 3.69. The maximum absolute atomic E-state index is 14.9. The lowest BCUT2D eigenvalue weighted by Gasteiger charge is -2.23. The van der Waals surface area contributed by atoms with Crippen molar-refractivity contribution in [3.05, 3.63) is 52.9 Å². The number of benzene rings is 1. The van der Waals surface area contributed by atoms with Crippen LogP contribution in [0.1, 0.15) is 25.5 Å². The first-order valence-electron chi connectivity index (χ1n) is 10.1. The SMILES string of the molecule is C[C@H](Nc1nc(Cl)cc(N2C(=O)OCC2[C@@H](C)O)n1)c1cc(F)c(-c2cnn(C)c2)cc1F. The number of hydrogen-bond donors (Lipinski definition) is 2. The van der Waals surface area contributed by atoms with Gasteiger partial charge in [0.1, 0.15) is 35.3 Å². The van der Waals surface area contributed by atoms with Crippen molar-refractivity contribution in [3.63, 3.8) is 0 Å². The van der Waals surface area contributed by atoms with Gasteiger partial charge in [0.15, 0.2) is 0 Å². The summed E-state index contributed by atoms with van der Waals surface area (Å²) >= 11 is 6.11. The Bertz CT molecular complexity index is 1200. The molecule has 1 amide bonds. The zero-order valence-electron chi connectivity index (χ0n) is 18.0.